The van der Waals surface area contributed by atoms with Crippen LogP contribution in [-0.2, 0) is 6.54 Å². The zero-order valence-corrected chi connectivity index (χ0v) is 9.17. The molecule has 1 aliphatic rings. The number of fused-ring (bicyclic) bond motifs is 1. The van der Waals surface area contributed by atoms with Gasteiger partial charge in [-0.15, -0.1) is 0 Å². The predicted octanol–water partition coefficient (Wildman–Crippen LogP) is 1.70. The Morgan fingerprint density at radius 1 is 1.36 bits per heavy atom. The van der Waals surface area contributed by atoms with Gasteiger partial charge in [-0.25, -0.2) is 0 Å². The smallest absolute Gasteiger partial charge is 0.0470 e. The van der Waals surface area contributed by atoms with Gasteiger partial charge >= 0.3 is 0 Å². The molecule has 0 fully saturated rings. The van der Waals surface area contributed by atoms with Crippen molar-refractivity contribution in [2.75, 3.05) is 20.6 Å². The maximum Gasteiger partial charge on any atom is 0.0470 e. The molecule has 0 aliphatic carbocycles. The number of aryl methyl sites for hydroxylation is 1. The van der Waals surface area contributed by atoms with E-state index in [1.54, 1.807) is 0 Å². The molecule has 1 aromatic rings. The molecule has 0 saturated heterocycles. The first-order valence-corrected chi connectivity index (χ1v) is 5.15. The Morgan fingerprint density at radius 2 is 2.14 bits per heavy atom. The highest BCUT2D eigenvalue weighted by Crippen LogP contribution is 2.25. The zero-order valence-electron chi connectivity index (χ0n) is 9.17. The van der Waals surface area contributed by atoms with Gasteiger partial charge in [0, 0.05) is 19.1 Å². The second-order valence-corrected chi connectivity index (χ2v) is 4.31. The summed E-state index contributed by atoms with van der Waals surface area (Å²) in [5.41, 5.74) is 4.29. The first-order valence-electron chi connectivity index (χ1n) is 5.15. The Kier molecular flexibility index (Phi) is 2.57. The molecule has 0 aromatic heterocycles. The van der Waals surface area contributed by atoms with Gasteiger partial charge in [-0.3, -0.25) is 0 Å². The molecule has 1 aromatic carbocycles. The van der Waals surface area contributed by atoms with Crippen molar-refractivity contribution in [3.63, 3.8) is 0 Å². The molecule has 2 nitrogen and oxygen atoms in total. The minimum absolute atomic E-state index is 0.527. The van der Waals surface area contributed by atoms with Gasteiger partial charge in [-0.2, -0.15) is 0 Å². The fourth-order valence-corrected chi connectivity index (χ4v) is 2.13. The average Bonchev–Trinajstić information content (AvgIpc) is 2.16. The van der Waals surface area contributed by atoms with Crippen LogP contribution >= 0.6 is 0 Å². The molecular formula is C12H18N2. The highest BCUT2D eigenvalue weighted by molar-refractivity contribution is 5.35. The van der Waals surface area contributed by atoms with Crippen LogP contribution in [0.2, 0.25) is 0 Å². The lowest BCUT2D eigenvalue weighted by atomic mass is 9.94. The van der Waals surface area contributed by atoms with Gasteiger partial charge in [0.05, 0.1) is 0 Å². The number of nitrogens with one attached hydrogen (secondary N) is 1. The van der Waals surface area contributed by atoms with E-state index in [0.29, 0.717) is 6.04 Å². The van der Waals surface area contributed by atoms with E-state index < -0.39 is 0 Å². The molecule has 14 heavy (non-hydrogen) atoms. The maximum atomic E-state index is 3.46. The molecule has 1 heterocycles. The molecule has 0 bridgehead atoms. The lowest BCUT2D eigenvalue weighted by Gasteiger charge is -2.31. The summed E-state index contributed by atoms with van der Waals surface area (Å²) < 4.78 is 0. The van der Waals surface area contributed by atoms with Gasteiger partial charge in [-0.05, 0) is 32.1 Å². The summed E-state index contributed by atoms with van der Waals surface area (Å²) >= 11 is 0. The van der Waals surface area contributed by atoms with E-state index >= 15 is 0 Å². The van der Waals surface area contributed by atoms with E-state index in [9.17, 15) is 0 Å². The number of likely N-dealkylation sites (N-methyl/N-ethyl adjacent to an activating group) is 1. The van der Waals surface area contributed by atoms with Crippen molar-refractivity contribution in [2.24, 2.45) is 0 Å². The largest absolute Gasteiger partial charge is 0.311 e. The summed E-state index contributed by atoms with van der Waals surface area (Å²) in [6.07, 6.45) is 0. The van der Waals surface area contributed by atoms with Gasteiger partial charge in [0.2, 0.25) is 0 Å². The molecule has 1 N–H and O–H groups in total. The molecule has 0 spiro atoms. The minimum Gasteiger partial charge on any atom is -0.311 e. The van der Waals surface area contributed by atoms with Crippen LogP contribution in [0.25, 0.3) is 0 Å². The molecule has 0 radical (unpaired) electrons. The summed E-state index contributed by atoms with van der Waals surface area (Å²) in [6.45, 7) is 4.23. The Bertz CT molecular complexity index is 331. The highest BCUT2D eigenvalue weighted by atomic mass is 15.1. The van der Waals surface area contributed by atoms with Crippen LogP contribution in [0.1, 0.15) is 22.7 Å². The third kappa shape index (κ3) is 1.68. The van der Waals surface area contributed by atoms with Crippen molar-refractivity contribution >= 4 is 0 Å². The first kappa shape index (κ1) is 9.69. The number of hydrogen-bond donors (Lipinski definition) is 1. The van der Waals surface area contributed by atoms with Crippen molar-refractivity contribution in [3.8, 4) is 0 Å². The van der Waals surface area contributed by atoms with Crippen LogP contribution in [-0.4, -0.2) is 25.5 Å². The fraction of sp³-hybridized carbons (Fsp3) is 0.500. The second kappa shape index (κ2) is 3.71. The van der Waals surface area contributed by atoms with E-state index in [-0.39, 0.29) is 0 Å². The fourth-order valence-electron chi connectivity index (χ4n) is 2.13. The van der Waals surface area contributed by atoms with Gasteiger partial charge in [0.1, 0.15) is 0 Å². The quantitative estimate of drug-likeness (QED) is 0.725. The van der Waals surface area contributed by atoms with Crippen LogP contribution in [0.3, 0.4) is 0 Å². The van der Waals surface area contributed by atoms with Crippen LogP contribution in [0.4, 0.5) is 0 Å². The van der Waals surface area contributed by atoms with Gasteiger partial charge in [-0.1, -0.05) is 23.8 Å². The summed E-state index contributed by atoms with van der Waals surface area (Å²) in [7, 11) is 4.28. The van der Waals surface area contributed by atoms with Crippen molar-refractivity contribution < 1.29 is 0 Å². The standard InChI is InChI=1S/C12H18N2/c1-9-4-5-11-10(6-9)7-13-8-12(11)14(2)3/h4-6,12-13H,7-8H2,1-3H3. The van der Waals surface area contributed by atoms with E-state index in [4.69, 9.17) is 0 Å². The molecule has 1 aliphatic heterocycles. The summed E-state index contributed by atoms with van der Waals surface area (Å²) in [6, 6.07) is 7.30. The molecule has 0 amide bonds. The van der Waals surface area contributed by atoms with Crippen LogP contribution in [0.15, 0.2) is 18.2 Å². The van der Waals surface area contributed by atoms with E-state index in [0.717, 1.165) is 13.1 Å². The Morgan fingerprint density at radius 3 is 2.86 bits per heavy atom. The van der Waals surface area contributed by atoms with Crippen LogP contribution in [0.5, 0.6) is 0 Å². The van der Waals surface area contributed by atoms with Crippen molar-refractivity contribution in [1.29, 1.82) is 0 Å². The minimum atomic E-state index is 0.527. The van der Waals surface area contributed by atoms with E-state index in [1.165, 1.54) is 16.7 Å². The number of rotatable bonds is 1. The Balaban J connectivity index is 2.40. The van der Waals surface area contributed by atoms with Gasteiger partial charge < -0.3 is 10.2 Å². The molecule has 2 rings (SSSR count). The average molecular weight is 190 g/mol. The van der Waals surface area contributed by atoms with Crippen LogP contribution < -0.4 is 5.32 Å². The van der Waals surface area contributed by atoms with Gasteiger partial charge in [0.15, 0.2) is 0 Å². The molecule has 2 heteroatoms. The first-order chi connectivity index (χ1) is 6.68. The van der Waals surface area contributed by atoms with Gasteiger partial charge in [0.25, 0.3) is 0 Å². The zero-order chi connectivity index (χ0) is 10.1. The lowest BCUT2D eigenvalue weighted by Crippen LogP contribution is -2.35. The lowest BCUT2D eigenvalue weighted by molar-refractivity contribution is 0.276. The topological polar surface area (TPSA) is 15.3 Å². The molecule has 76 valence electrons. The van der Waals surface area contributed by atoms with E-state index in [2.05, 4.69) is 49.4 Å². The Hall–Kier alpha value is -0.860. The highest BCUT2D eigenvalue weighted by Gasteiger charge is 2.20. The normalized spacial score (nSPS) is 21.0. The SMILES string of the molecule is Cc1ccc2c(c1)CNCC2N(C)C. The van der Waals surface area contributed by atoms with Crippen molar-refractivity contribution in [1.82, 2.24) is 10.2 Å². The number of nitrogens with zero attached hydrogens (tertiary/aromatic N) is 1. The van der Waals surface area contributed by atoms with Crippen molar-refractivity contribution in [2.45, 2.75) is 19.5 Å². The summed E-state index contributed by atoms with van der Waals surface area (Å²) in [5, 5.41) is 3.46. The third-order valence-electron chi connectivity index (χ3n) is 2.93. The second-order valence-electron chi connectivity index (χ2n) is 4.31. The summed E-state index contributed by atoms with van der Waals surface area (Å²) in [4.78, 5) is 2.28. The Labute approximate surface area is 85.9 Å². The molecule has 1 atom stereocenters. The monoisotopic (exact) mass is 190 g/mol. The predicted molar refractivity (Wildman–Crippen MR) is 59.3 cm³/mol. The van der Waals surface area contributed by atoms with Crippen LogP contribution in [0, 0.1) is 6.92 Å². The third-order valence-corrected chi connectivity index (χ3v) is 2.93. The maximum absolute atomic E-state index is 3.46. The molecular weight excluding hydrogens is 172 g/mol. The number of benzene rings is 1. The molecule has 1 unspecified atom stereocenters. The number of hydrogen-bond acceptors (Lipinski definition) is 2. The van der Waals surface area contributed by atoms with Crippen molar-refractivity contribution in [3.05, 3.63) is 34.9 Å². The summed E-state index contributed by atoms with van der Waals surface area (Å²) in [5.74, 6) is 0. The van der Waals surface area contributed by atoms with E-state index in [1.807, 2.05) is 0 Å². The molecule has 0 saturated carbocycles.